The van der Waals surface area contributed by atoms with Crippen molar-refractivity contribution in [3.8, 4) is 0 Å². The summed E-state index contributed by atoms with van der Waals surface area (Å²) in [7, 11) is 6.48. The van der Waals surface area contributed by atoms with Crippen LogP contribution in [0.3, 0.4) is 0 Å². The molecule has 1 saturated carbocycles. The van der Waals surface area contributed by atoms with Gasteiger partial charge in [0.1, 0.15) is 11.6 Å². The lowest BCUT2D eigenvalue weighted by Crippen LogP contribution is -2.56. The molecule has 0 spiro atoms. The van der Waals surface area contributed by atoms with Crippen LogP contribution in [0.25, 0.3) is 0 Å². The van der Waals surface area contributed by atoms with Gasteiger partial charge in [-0.05, 0) is 47.3 Å². The van der Waals surface area contributed by atoms with Crippen LogP contribution in [0.1, 0.15) is 30.8 Å². The maximum absolute atomic E-state index is 5.77. The Kier molecular flexibility index (Phi) is 4.06. The zero-order valence-electron chi connectivity index (χ0n) is 12.5. The molecule has 1 aromatic heterocycles. The van der Waals surface area contributed by atoms with Gasteiger partial charge in [0, 0.05) is 23.8 Å². The summed E-state index contributed by atoms with van der Waals surface area (Å²) in [6, 6.07) is 1.80. The summed E-state index contributed by atoms with van der Waals surface area (Å²) in [5.41, 5.74) is 7.04. The summed E-state index contributed by atoms with van der Waals surface area (Å²) < 4.78 is 0. The van der Waals surface area contributed by atoms with Gasteiger partial charge in [-0.1, -0.05) is 0 Å². The van der Waals surface area contributed by atoms with Gasteiger partial charge in [0.05, 0.1) is 6.54 Å². The van der Waals surface area contributed by atoms with Gasteiger partial charge in [0.15, 0.2) is 0 Å². The molecule has 1 aromatic rings. The second-order valence-electron chi connectivity index (χ2n) is 6.00. The second-order valence-corrected chi connectivity index (χ2v) is 6.00. The van der Waals surface area contributed by atoms with Gasteiger partial charge in [0.25, 0.3) is 0 Å². The molecule has 0 aromatic carbocycles. The Labute approximate surface area is 115 Å². The number of aryl methyl sites for hydroxylation is 1. The Morgan fingerprint density at radius 3 is 2.42 bits per heavy atom. The van der Waals surface area contributed by atoms with Crippen LogP contribution in [0.5, 0.6) is 0 Å². The van der Waals surface area contributed by atoms with Crippen LogP contribution in [0.15, 0.2) is 6.07 Å². The van der Waals surface area contributed by atoms with Crippen molar-refractivity contribution >= 4 is 5.82 Å². The van der Waals surface area contributed by atoms with Gasteiger partial charge < -0.3 is 10.6 Å². The normalized spacial score (nSPS) is 17.8. The highest BCUT2D eigenvalue weighted by molar-refractivity contribution is 5.29. The maximum Gasteiger partial charge on any atom is 0.144 e. The summed E-state index contributed by atoms with van der Waals surface area (Å²) in [6.07, 6.45) is 3.89. The monoisotopic (exact) mass is 263 g/mol. The summed E-state index contributed by atoms with van der Waals surface area (Å²) in [6.45, 7) is 3.76. The molecule has 1 aliphatic carbocycles. The molecule has 5 heteroatoms. The number of nitrogen functional groups attached to an aromatic ring is 1. The molecule has 0 aliphatic heterocycles. The first kappa shape index (κ1) is 14.2. The molecule has 1 fully saturated rings. The lowest BCUT2D eigenvalue weighted by molar-refractivity contribution is 0.0253. The molecule has 0 saturated heterocycles. The van der Waals surface area contributed by atoms with E-state index in [2.05, 4.69) is 40.9 Å². The van der Waals surface area contributed by atoms with E-state index in [0.29, 0.717) is 11.4 Å². The van der Waals surface area contributed by atoms with Crippen molar-refractivity contribution in [1.82, 2.24) is 19.8 Å². The first-order chi connectivity index (χ1) is 8.91. The van der Waals surface area contributed by atoms with Gasteiger partial charge in [-0.15, -0.1) is 0 Å². The number of likely N-dealkylation sites (N-methyl/N-ethyl adjacent to an activating group) is 2. The van der Waals surface area contributed by atoms with E-state index in [0.717, 1.165) is 24.6 Å². The van der Waals surface area contributed by atoms with E-state index in [1.807, 2.05) is 6.92 Å². The first-order valence-electron chi connectivity index (χ1n) is 6.87. The van der Waals surface area contributed by atoms with Crippen molar-refractivity contribution in [3.05, 3.63) is 17.6 Å². The fraction of sp³-hybridized carbons (Fsp3) is 0.714. The van der Waals surface area contributed by atoms with Crippen molar-refractivity contribution in [2.75, 3.05) is 33.4 Å². The zero-order valence-corrected chi connectivity index (χ0v) is 12.5. The predicted molar refractivity (Wildman–Crippen MR) is 77.8 cm³/mol. The average Bonchev–Trinajstić information content (AvgIpc) is 2.21. The Bertz CT molecular complexity index is 419. The van der Waals surface area contributed by atoms with Crippen molar-refractivity contribution in [1.29, 1.82) is 0 Å². The maximum atomic E-state index is 5.77. The van der Waals surface area contributed by atoms with Crippen LogP contribution in [-0.4, -0.2) is 53.0 Å². The summed E-state index contributed by atoms with van der Waals surface area (Å²) in [5.74, 6) is 1.37. The number of nitrogens with two attached hydrogens (primary N) is 1. The van der Waals surface area contributed by atoms with E-state index < -0.39 is 0 Å². The fourth-order valence-corrected chi connectivity index (χ4v) is 2.86. The minimum atomic E-state index is 0.337. The van der Waals surface area contributed by atoms with Crippen molar-refractivity contribution in [3.63, 3.8) is 0 Å². The van der Waals surface area contributed by atoms with Crippen LogP contribution in [-0.2, 0) is 6.54 Å². The fourth-order valence-electron chi connectivity index (χ4n) is 2.86. The largest absolute Gasteiger partial charge is 0.384 e. The average molecular weight is 263 g/mol. The molecular formula is C14H25N5. The molecule has 0 radical (unpaired) electrons. The van der Waals surface area contributed by atoms with E-state index in [9.17, 15) is 0 Å². The number of nitrogens with zero attached hydrogens (tertiary/aromatic N) is 4. The third-order valence-electron chi connectivity index (χ3n) is 4.13. The first-order valence-corrected chi connectivity index (χ1v) is 6.87. The van der Waals surface area contributed by atoms with Crippen molar-refractivity contribution < 1.29 is 0 Å². The summed E-state index contributed by atoms with van der Waals surface area (Å²) in [5, 5.41) is 0. The summed E-state index contributed by atoms with van der Waals surface area (Å²) >= 11 is 0. The lowest BCUT2D eigenvalue weighted by atomic mass is 9.75. The zero-order chi connectivity index (χ0) is 14.0. The minimum Gasteiger partial charge on any atom is -0.384 e. The quantitative estimate of drug-likeness (QED) is 0.867. The number of anilines is 1. The van der Waals surface area contributed by atoms with Crippen LogP contribution < -0.4 is 5.73 Å². The Morgan fingerprint density at radius 2 is 1.95 bits per heavy atom. The number of hydrogen-bond donors (Lipinski definition) is 1. The molecule has 1 heterocycles. The van der Waals surface area contributed by atoms with Gasteiger partial charge in [-0.3, -0.25) is 4.90 Å². The van der Waals surface area contributed by atoms with Crippen LogP contribution >= 0.6 is 0 Å². The van der Waals surface area contributed by atoms with Crippen molar-refractivity contribution in [2.45, 2.75) is 38.3 Å². The summed E-state index contributed by atoms with van der Waals surface area (Å²) in [4.78, 5) is 13.4. The standard InChI is InChI=1S/C14H25N5/c1-11-8-12(15)17-13(16-11)9-19(4)10-14(18(2)3)6-5-7-14/h8H,5-7,9-10H2,1-4H3,(H2,15,16,17). The SMILES string of the molecule is Cc1cc(N)nc(CN(C)CC2(N(C)C)CCC2)n1. The topological polar surface area (TPSA) is 58.3 Å². The minimum absolute atomic E-state index is 0.337. The molecule has 0 atom stereocenters. The van der Waals surface area contributed by atoms with E-state index in [1.54, 1.807) is 6.07 Å². The van der Waals surface area contributed by atoms with E-state index in [1.165, 1.54) is 19.3 Å². The van der Waals surface area contributed by atoms with E-state index >= 15 is 0 Å². The van der Waals surface area contributed by atoms with E-state index in [-0.39, 0.29) is 0 Å². The number of rotatable bonds is 5. The Hall–Kier alpha value is -1.20. The predicted octanol–water partition coefficient (Wildman–Crippen LogP) is 1.28. The Morgan fingerprint density at radius 1 is 1.26 bits per heavy atom. The van der Waals surface area contributed by atoms with Gasteiger partial charge >= 0.3 is 0 Å². The molecule has 0 amide bonds. The molecular weight excluding hydrogens is 238 g/mol. The highest BCUT2D eigenvalue weighted by Gasteiger charge is 2.39. The highest BCUT2D eigenvalue weighted by Crippen LogP contribution is 2.36. The molecule has 19 heavy (non-hydrogen) atoms. The third kappa shape index (κ3) is 3.22. The lowest BCUT2D eigenvalue weighted by Gasteiger charge is -2.49. The third-order valence-corrected chi connectivity index (χ3v) is 4.13. The van der Waals surface area contributed by atoms with Crippen LogP contribution in [0.2, 0.25) is 0 Å². The van der Waals surface area contributed by atoms with Crippen molar-refractivity contribution in [2.24, 2.45) is 0 Å². The molecule has 2 N–H and O–H groups in total. The van der Waals surface area contributed by atoms with E-state index in [4.69, 9.17) is 5.73 Å². The number of hydrogen-bond acceptors (Lipinski definition) is 5. The van der Waals surface area contributed by atoms with Crippen LogP contribution in [0, 0.1) is 6.92 Å². The molecule has 0 bridgehead atoms. The van der Waals surface area contributed by atoms with Gasteiger partial charge in [0.2, 0.25) is 0 Å². The smallest absolute Gasteiger partial charge is 0.144 e. The molecule has 1 aliphatic rings. The second kappa shape index (κ2) is 5.43. The Balaban J connectivity index is 1.99. The van der Waals surface area contributed by atoms with Gasteiger partial charge in [-0.25, -0.2) is 9.97 Å². The molecule has 2 rings (SSSR count). The molecule has 106 valence electrons. The molecule has 0 unspecified atom stereocenters. The highest BCUT2D eigenvalue weighted by atomic mass is 15.2. The van der Waals surface area contributed by atoms with Gasteiger partial charge in [-0.2, -0.15) is 0 Å². The van der Waals surface area contributed by atoms with Crippen LogP contribution in [0.4, 0.5) is 5.82 Å². The number of aromatic nitrogens is 2. The molecule has 5 nitrogen and oxygen atoms in total.